The average Bonchev–Trinajstić information content (AvgIpc) is 3.29. The van der Waals surface area contributed by atoms with Gasteiger partial charge in [0.15, 0.2) is 15.8 Å². The molecule has 2 N–H and O–H groups in total. The fourth-order valence-corrected chi connectivity index (χ4v) is 5.88. The normalized spacial score (nSPS) is 22.7. The summed E-state index contributed by atoms with van der Waals surface area (Å²) >= 11 is 1.75. The average molecular weight is 414 g/mol. The van der Waals surface area contributed by atoms with Crippen LogP contribution in [0.3, 0.4) is 0 Å². The molecule has 1 amide bonds. The summed E-state index contributed by atoms with van der Waals surface area (Å²) in [6.45, 7) is 4.12. The molecule has 2 aliphatic rings. The Balaban J connectivity index is 1.37. The Morgan fingerprint density at radius 1 is 1.33 bits per heavy atom. The molecule has 2 saturated heterocycles. The first-order chi connectivity index (χ1) is 13.0. The lowest BCUT2D eigenvalue weighted by Crippen LogP contribution is -2.52. The van der Waals surface area contributed by atoms with Crippen molar-refractivity contribution in [3.63, 3.8) is 0 Å². The van der Waals surface area contributed by atoms with Gasteiger partial charge in [0, 0.05) is 52.2 Å². The highest BCUT2D eigenvalue weighted by Gasteiger charge is 2.28. The number of rotatable bonds is 5. The number of sulfone groups is 1. The van der Waals surface area contributed by atoms with Gasteiger partial charge in [-0.2, -0.15) is 0 Å². The van der Waals surface area contributed by atoms with Gasteiger partial charge >= 0.3 is 0 Å². The number of hydrogen-bond acceptors (Lipinski definition) is 6. The molecule has 3 heterocycles. The molecule has 2 aliphatic heterocycles. The summed E-state index contributed by atoms with van der Waals surface area (Å²) in [5.41, 5.74) is 0. The van der Waals surface area contributed by atoms with Crippen molar-refractivity contribution in [2.75, 3.05) is 56.2 Å². The van der Waals surface area contributed by atoms with E-state index in [1.807, 2.05) is 0 Å². The number of carbonyl (C=O) groups is 1. The van der Waals surface area contributed by atoms with Crippen molar-refractivity contribution in [1.82, 2.24) is 15.5 Å². The molecule has 0 aromatic carbocycles. The first-order valence-corrected chi connectivity index (χ1v) is 11.9. The molecule has 1 aromatic rings. The number of nitrogens with one attached hydrogen (secondary N) is 2. The number of hydrogen-bond donors (Lipinski definition) is 2. The highest BCUT2D eigenvalue weighted by atomic mass is 32.2. The Kier molecular flexibility index (Phi) is 6.59. The highest BCUT2D eigenvalue weighted by Crippen LogP contribution is 2.22. The molecule has 0 radical (unpaired) electrons. The Morgan fingerprint density at radius 3 is 2.70 bits per heavy atom. The minimum absolute atomic E-state index is 0.0579. The topological polar surface area (TPSA) is 94.1 Å². The summed E-state index contributed by atoms with van der Waals surface area (Å²) in [4.78, 5) is 20.9. The summed E-state index contributed by atoms with van der Waals surface area (Å²) in [5, 5.41) is 9.44. The van der Waals surface area contributed by atoms with Crippen LogP contribution in [-0.4, -0.2) is 82.5 Å². The predicted molar refractivity (Wildman–Crippen MR) is 109 cm³/mol. The maximum absolute atomic E-state index is 12.0. The second-order valence-electron chi connectivity index (χ2n) is 6.82. The van der Waals surface area contributed by atoms with Crippen LogP contribution in [0.2, 0.25) is 0 Å². The second kappa shape index (κ2) is 8.92. The molecule has 1 aromatic heterocycles. The van der Waals surface area contributed by atoms with Crippen molar-refractivity contribution in [3.05, 3.63) is 17.5 Å². The molecule has 0 spiro atoms. The van der Waals surface area contributed by atoms with Gasteiger partial charge in [0.2, 0.25) is 5.91 Å². The van der Waals surface area contributed by atoms with E-state index in [1.165, 1.54) is 5.00 Å². The van der Waals surface area contributed by atoms with Gasteiger partial charge in [0.1, 0.15) is 0 Å². The van der Waals surface area contributed by atoms with Crippen LogP contribution in [0.15, 0.2) is 22.5 Å². The zero-order valence-electron chi connectivity index (χ0n) is 15.6. The van der Waals surface area contributed by atoms with Crippen LogP contribution in [0, 0.1) is 0 Å². The number of amides is 1. The van der Waals surface area contributed by atoms with Crippen LogP contribution in [0.1, 0.15) is 12.8 Å². The molecule has 2 fully saturated rings. The SMILES string of the molecule is CN=C(NCCC(=O)NC1CCS(=O)(=O)C1)N1CCN(c2cccs2)CC1. The molecule has 1 unspecified atom stereocenters. The van der Waals surface area contributed by atoms with Crippen LogP contribution in [0.4, 0.5) is 5.00 Å². The molecule has 150 valence electrons. The molecule has 10 heteroatoms. The number of nitrogens with zero attached hydrogens (tertiary/aromatic N) is 3. The van der Waals surface area contributed by atoms with Crippen LogP contribution in [0.25, 0.3) is 0 Å². The Bertz CT molecular complexity index is 756. The molecule has 3 rings (SSSR count). The van der Waals surface area contributed by atoms with Crippen molar-refractivity contribution >= 4 is 38.0 Å². The molecule has 0 aliphatic carbocycles. The molecule has 0 bridgehead atoms. The Hall–Kier alpha value is -1.81. The van der Waals surface area contributed by atoms with Gasteiger partial charge in [-0.25, -0.2) is 8.42 Å². The minimum Gasteiger partial charge on any atom is -0.360 e. The lowest BCUT2D eigenvalue weighted by atomic mass is 10.2. The van der Waals surface area contributed by atoms with Gasteiger partial charge in [-0.3, -0.25) is 9.79 Å². The Morgan fingerprint density at radius 2 is 2.11 bits per heavy atom. The van der Waals surface area contributed by atoms with Crippen LogP contribution in [-0.2, 0) is 14.6 Å². The van der Waals surface area contributed by atoms with E-state index in [0.717, 1.165) is 32.1 Å². The first-order valence-electron chi connectivity index (χ1n) is 9.21. The molecule has 0 saturated carbocycles. The third-order valence-corrected chi connectivity index (χ3v) is 7.54. The van der Waals surface area contributed by atoms with Crippen molar-refractivity contribution in [2.45, 2.75) is 18.9 Å². The monoisotopic (exact) mass is 413 g/mol. The summed E-state index contributed by atoms with van der Waals surface area (Å²) < 4.78 is 22.9. The van der Waals surface area contributed by atoms with E-state index < -0.39 is 9.84 Å². The van der Waals surface area contributed by atoms with Crippen molar-refractivity contribution in [3.8, 4) is 0 Å². The maximum atomic E-state index is 12.0. The number of aliphatic imine (C=N–C) groups is 1. The lowest BCUT2D eigenvalue weighted by molar-refractivity contribution is -0.121. The summed E-state index contributed by atoms with van der Waals surface area (Å²) in [6.07, 6.45) is 0.808. The number of carbonyl (C=O) groups excluding carboxylic acids is 1. The summed E-state index contributed by atoms with van der Waals surface area (Å²) in [5.74, 6) is 0.905. The highest BCUT2D eigenvalue weighted by molar-refractivity contribution is 7.91. The van der Waals surface area contributed by atoms with E-state index in [2.05, 4.69) is 42.9 Å². The largest absolute Gasteiger partial charge is 0.360 e. The van der Waals surface area contributed by atoms with E-state index in [9.17, 15) is 13.2 Å². The van der Waals surface area contributed by atoms with Crippen molar-refractivity contribution in [1.29, 1.82) is 0 Å². The molecule has 27 heavy (non-hydrogen) atoms. The van der Waals surface area contributed by atoms with Gasteiger partial charge in [0.25, 0.3) is 0 Å². The third-order valence-electron chi connectivity index (χ3n) is 4.84. The summed E-state index contributed by atoms with van der Waals surface area (Å²) in [6, 6.07) is 3.97. The third kappa shape index (κ3) is 5.58. The zero-order valence-corrected chi connectivity index (χ0v) is 17.2. The number of thiophene rings is 1. The predicted octanol–water partition coefficient (Wildman–Crippen LogP) is 0.139. The quantitative estimate of drug-likeness (QED) is 0.527. The van der Waals surface area contributed by atoms with Gasteiger partial charge in [-0.1, -0.05) is 0 Å². The Labute approximate surface area is 164 Å². The maximum Gasteiger partial charge on any atom is 0.222 e. The van der Waals surface area contributed by atoms with Crippen LogP contribution >= 0.6 is 11.3 Å². The van der Waals surface area contributed by atoms with Crippen LogP contribution < -0.4 is 15.5 Å². The molecular weight excluding hydrogens is 386 g/mol. The van der Waals surface area contributed by atoms with Gasteiger partial charge < -0.3 is 20.4 Å². The zero-order chi connectivity index (χ0) is 19.3. The van der Waals surface area contributed by atoms with Crippen molar-refractivity contribution in [2.24, 2.45) is 4.99 Å². The van der Waals surface area contributed by atoms with Gasteiger partial charge in [-0.05, 0) is 23.9 Å². The number of guanidine groups is 1. The fourth-order valence-electron chi connectivity index (χ4n) is 3.42. The standard InChI is InChI=1S/C17H27N5O3S2/c1-18-17(22-9-7-21(8-10-22)16-3-2-11-26-16)19-6-4-15(23)20-14-5-12-27(24,25)13-14/h2-3,11,14H,4-10,12-13H2,1H3,(H,18,19)(H,20,23). The fraction of sp³-hybridized carbons (Fsp3) is 0.647. The molecule has 8 nitrogen and oxygen atoms in total. The van der Waals surface area contributed by atoms with Crippen LogP contribution in [0.5, 0.6) is 0 Å². The summed E-state index contributed by atoms with van der Waals surface area (Å²) in [7, 11) is -1.23. The number of anilines is 1. The number of piperazine rings is 1. The smallest absolute Gasteiger partial charge is 0.222 e. The van der Waals surface area contributed by atoms with E-state index in [4.69, 9.17) is 0 Å². The molecular formula is C17H27N5O3S2. The van der Waals surface area contributed by atoms with E-state index in [-0.39, 0.29) is 23.5 Å². The van der Waals surface area contributed by atoms with Gasteiger partial charge in [-0.15, -0.1) is 11.3 Å². The van der Waals surface area contributed by atoms with E-state index >= 15 is 0 Å². The minimum atomic E-state index is -2.97. The van der Waals surface area contributed by atoms with E-state index in [1.54, 1.807) is 18.4 Å². The lowest BCUT2D eigenvalue weighted by Gasteiger charge is -2.37. The molecule has 1 atom stereocenters. The first kappa shape index (κ1) is 19.9. The second-order valence-corrected chi connectivity index (χ2v) is 9.97. The van der Waals surface area contributed by atoms with Gasteiger partial charge in [0.05, 0.1) is 16.5 Å². The van der Waals surface area contributed by atoms with E-state index in [0.29, 0.717) is 19.4 Å². The van der Waals surface area contributed by atoms with Crippen molar-refractivity contribution < 1.29 is 13.2 Å².